The van der Waals surface area contributed by atoms with E-state index >= 15 is 0 Å². The second-order valence-corrected chi connectivity index (χ2v) is 9.27. The fourth-order valence-corrected chi connectivity index (χ4v) is 5.62. The number of rotatable bonds is 5. The third-order valence-corrected chi connectivity index (χ3v) is 7.45. The smallest absolute Gasteiger partial charge is 0.335 e. The number of fused-ring (bicyclic) bond motifs is 2. The van der Waals surface area contributed by atoms with Crippen molar-refractivity contribution in [3.63, 3.8) is 0 Å². The van der Waals surface area contributed by atoms with Crippen LogP contribution in [0.1, 0.15) is 48.8 Å². The zero-order valence-corrected chi connectivity index (χ0v) is 18.8. The molecular formula is C25H25FN4O4. The van der Waals surface area contributed by atoms with Crippen molar-refractivity contribution in [1.29, 1.82) is 0 Å². The van der Waals surface area contributed by atoms with Gasteiger partial charge in [0.25, 0.3) is 0 Å². The molecule has 0 bridgehead atoms. The van der Waals surface area contributed by atoms with Gasteiger partial charge in [0.05, 0.1) is 17.2 Å². The number of nitrogens with one attached hydrogen (secondary N) is 1. The molecule has 2 fully saturated rings. The van der Waals surface area contributed by atoms with Crippen molar-refractivity contribution in [3.05, 3.63) is 53.6 Å². The summed E-state index contributed by atoms with van der Waals surface area (Å²) >= 11 is 0. The summed E-state index contributed by atoms with van der Waals surface area (Å²) in [6, 6.07) is 8.53. The van der Waals surface area contributed by atoms with Crippen LogP contribution < -0.4 is 0 Å². The van der Waals surface area contributed by atoms with Crippen LogP contribution in [0.5, 0.6) is 0 Å². The molecule has 0 amide bonds. The molecular weight excluding hydrogens is 439 g/mol. The average Bonchev–Trinajstić information content (AvgIpc) is 3.40. The summed E-state index contributed by atoms with van der Waals surface area (Å²) in [6.45, 7) is 1.32. The minimum atomic E-state index is -1.18. The Balaban J connectivity index is 1.62. The van der Waals surface area contributed by atoms with Gasteiger partial charge in [0, 0.05) is 48.6 Å². The van der Waals surface area contributed by atoms with E-state index in [1.165, 1.54) is 19.2 Å². The lowest BCUT2D eigenvalue weighted by molar-refractivity contribution is -0.175. The van der Waals surface area contributed by atoms with Gasteiger partial charge in [-0.2, -0.15) is 5.10 Å². The molecule has 1 aliphatic carbocycles. The highest BCUT2D eigenvalue weighted by atomic mass is 19.1. The zero-order chi connectivity index (χ0) is 23.4. The molecule has 176 valence electrons. The molecule has 4 aromatic rings. The van der Waals surface area contributed by atoms with Crippen LogP contribution in [0.25, 0.3) is 27.8 Å². The first kappa shape index (κ1) is 21.2. The van der Waals surface area contributed by atoms with Gasteiger partial charge in [-0.25, -0.2) is 14.2 Å². The second-order valence-electron chi connectivity index (χ2n) is 9.27. The number of hydrogen-bond acceptors (Lipinski definition) is 5. The summed E-state index contributed by atoms with van der Waals surface area (Å²) in [5, 5.41) is 17.8. The highest BCUT2D eigenvalue weighted by molar-refractivity contribution is 5.94. The molecule has 6 rings (SSSR count). The van der Waals surface area contributed by atoms with Gasteiger partial charge < -0.3 is 19.1 Å². The van der Waals surface area contributed by atoms with Crippen molar-refractivity contribution in [2.45, 2.75) is 43.1 Å². The van der Waals surface area contributed by atoms with E-state index in [1.54, 1.807) is 18.3 Å². The lowest BCUT2D eigenvalue weighted by atomic mass is 9.66. The van der Waals surface area contributed by atoms with Crippen LogP contribution in [0.2, 0.25) is 0 Å². The number of aliphatic carboxylic acids is 1. The molecule has 0 spiro atoms. The number of hydrogen-bond donors (Lipinski definition) is 2. The maximum Gasteiger partial charge on any atom is 0.335 e. The lowest BCUT2D eigenvalue weighted by Gasteiger charge is -2.43. The van der Waals surface area contributed by atoms with E-state index in [0.29, 0.717) is 31.7 Å². The minimum absolute atomic E-state index is 0.0223. The van der Waals surface area contributed by atoms with Crippen LogP contribution in [0, 0.1) is 5.82 Å². The van der Waals surface area contributed by atoms with Gasteiger partial charge in [0.15, 0.2) is 11.2 Å². The minimum Gasteiger partial charge on any atom is -0.479 e. The highest BCUT2D eigenvalue weighted by Crippen LogP contribution is 2.52. The largest absolute Gasteiger partial charge is 0.479 e. The van der Waals surface area contributed by atoms with E-state index in [2.05, 4.69) is 20.8 Å². The summed E-state index contributed by atoms with van der Waals surface area (Å²) in [7, 11) is 1.46. The zero-order valence-electron chi connectivity index (χ0n) is 18.8. The predicted octanol–water partition coefficient (Wildman–Crippen LogP) is 4.28. The molecule has 1 aromatic carbocycles. The number of nitrogens with zero attached hydrogens (tertiary/aromatic N) is 3. The van der Waals surface area contributed by atoms with Crippen molar-refractivity contribution >= 4 is 28.0 Å². The number of carboxylic acid groups (broad SMARTS) is 1. The third-order valence-electron chi connectivity index (χ3n) is 7.45. The van der Waals surface area contributed by atoms with Gasteiger partial charge in [-0.05, 0) is 61.9 Å². The first-order chi connectivity index (χ1) is 16.5. The van der Waals surface area contributed by atoms with E-state index in [9.17, 15) is 14.3 Å². The van der Waals surface area contributed by atoms with Crippen molar-refractivity contribution in [2.24, 2.45) is 0 Å². The van der Waals surface area contributed by atoms with E-state index in [4.69, 9.17) is 14.5 Å². The molecule has 1 saturated heterocycles. The number of H-pyrrole nitrogens is 1. The number of carboxylic acids is 1. The fraction of sp³-hybridized carbons (Fsp3) is 0.400. The quantitative estimate of drug-likeness (QED) is 0.457. The number of pyridine rings is 1. The molecule has 2 aliphatic rings. The van der Waals surface area contributed by atoms with Crippen LogP contribution in [0.4, 0.5) is 4.39 Å². The Morgan fingerprint density at radius 1 is 1.24 bits per heavy atom. The van der Waals surface area contributed by atoms with Gasteiger partial charge >= 0.3 is 5.97 Å². The van der Waals surface area contributed by atoms with Gasteiger partial charge in [-0.1, -0.05) is 0 Å². The Bertz CT molecular complexity index is 1380. The topological polar surface area (TPSA) is 102 Å². The van der Waals surface area contributed by atoms with E-state index in [1.807, 2.05) is 0 Å². The van der Waals surface area contributed by atoms with Crippen LogP contribution in [-0.2, 0) is 14.3 Å². The van der Waals surface area contributed by atoms with E-state index in [0.717, 1.165) is 46.2 Å². The Hall–Kier alpha value is -3.30. The Morgan fingerprint density at radius 2 is 1.97 bits per heavy atom. The number of ether oxygens (including phenoxy) is 2. The van der Waals surface area contributed by atoms with Crippen LogP contribution in [0.15, 0.2) is 36.5 Å². The number of benzene rings is 1. The molecule has 34 heavy (non-hydrogen) atoms. The monoisotopic (exact) mass is 464 g/mol. The Kier molecular flexibility index (Phi) is 4.93. The molecule has 2 N–H and O–H groups in total. The van der Waals surface area contributed by atoms with Crippen molar-refractivity contribution in [2.75, 3.05) is 20.3 Å². The summed E-state index contributed by atoms with van der Waals surface area (Å²) in [6.07, 6.45) is 4.19. The van der Waals surface area contributed by atoms with Gasteiger partial charge in [0.2, 0.25) is 0 Å². The molecule has 1 aliphatic heterocycles. The molecule has 0 unspecified atom stereocenters. The molecule has 9 heteroatoms. The first-order valence-corrected chi connectivity index (χ1v) is 11.5. The van der Waals surface area contributed by atoms with Gasteiger partial charge in [-0.3, -0.25) is 5.10 Å². The summed E-state index contributed by atoms with van der Waals surface area (Å²) in [4.78, 5) is 16.9. The van der Waals surface area contributed by atoms with E-state index in [-0.39, 0.29) is 17.7 Å². The van der Waals surface area contributed by atoms with Gasteiger partial charge in [-0.15, -0.1) is 0 Å². The summed E-state index contributed by atoms with van der Waals surface area (Å²) in [5.74, 6) is -1.05. The lowest BCUT2D eigenvalue weighted by Crippen LogP contribution is -2.51. The highest BCUT2D eigenvalue weighted by Gasteiger charge is 2.53. The Morgan fingerprint density at radius 3 is 2.65 bits per heavy atom. The number of aromatic nitrogens is 4. The van der Waals surface area contributed by atoms with Gasteiger partial charge in [0.1, 0.15) is 5.82 Å². The summed E-state index contributed by atoms with van der Waals surface area (Å²) in [5.41, 5.74) is 4.23. The predicted molar refractivity (Wildman–Crippen MR) is 123 cm³/mol. The fourth-order valence-electron chi connectivity index (χ4n) is 5.62. The Labute approximate surface area is 194 Å². The molecule has 4 heterocycles. The molecule has 1 saturated carbocycles. The maximum atomic E-state index is 13.8. The normalized spacial score (nSPS) is 23.4. The third kappa shape index (κ3) is 3.14. The molecule has 0 atom stereocenters. The second kappa shape index (κ2) is 7.89. The van der Waals surface area contributed by atoms with Crippen LogP contribution in [0.3, 0.4) is 0 Å². The number of aromatic amines is 1. The van der Waals surface area contributed by atoms with E-state index < -0.39 is 11.6 Å². The SMILES string of the molecule is COC1(C(=O)O)CC(c2c(C3CCOCC3)n(-c3ccc(F)cc3)c3cc4cn[nH]c4nc23)C1. The molecule has 0 radical (unpaired) electrons. The molecule has 3 aromatic heterocycles. The number of halogens is 1. The average molecular weight is 464 g/mol. The summed E-state index contributed by atoms with van der Waals surface area (Å²) < 4.78 is 27.1. The maximum absolute atomic E-state index is 13.8. The first-order valence-electron chi connectivity index (χ1n) is 11.5. The van der Waals surface area contributed by atoms with Crippen molar-refractivity contribution in [1.82, 2.24) is 19.7 Å². The van der Waals surface area contributed by atoms with Crippen molar-refractivity contribution < 1.29 is 23.8 Å². The number of methoxy groups -OCH3 is 1. The van der Waals surface area contributed by atoms with Crippen molar-refractivity contribution in [3.8, 4) is 5.69 Å². The number of carbonyl (C=O) groups is 1. The van der Waals surface area contributed by atoms with Crippen LogP contribution in [-0.4, -0.2) is 56.7 Å². The molecule has 8 nitrogen and oxygen atoms in total. The standard InChI is InChI=1S/C25H25FN4O4/c1-33-25(24(31)32)11-16(12-25)20-21-19(10-15-13-27-29-23(15)28-21)30(18-4-2-17(26)3-5-18)22(20)14-6-8-34-9-7-14/h2-5,10,13-14,16H,6-9,11-12H2,1H3,(H,31,32)(H,27,28,29). The van der Waals surface area contributed by atoms with Crippen LogP contribution >= 0.6 is 0 Å².